The third-order valence-electron chi connectivity index (χ3n) is 6.13. The second-order valence-electron chi connectivity index (χ2n) is 8.08. The maximum Gasteiger partial charge on any atom is 0.225 e. The number of likely N-dealkylation sites (tertiary alicyclic amines) is 1. The van der Waals surface area contributed by atoms with Crippen LogP contribution in [0.2, 0.25) is 0 Å². The molecule has 1 amide bonds. The lowest BCUT2D eigenvalue weighted by Crippen LogP contribution is -2.45. The number of aromatic nitrogens is 2. The topological polar surface area (TPSA) is 61.4 Å². The van der Waals surface area contributed by atoms with Gasteiger partial charge in [0.2, 0.25) is 11.9 Å². The summed E-state index contributed by atoms with van der Waals surface area (Å²) in [6.45, 7) is 5.09. The molecule has 142 valence electrons. The van der Waals surface area contributed by atoms with Crippen molar-refractivity contribution < 1.29 is 4.79 Å². The number of hydrogen-bond acceptors (Lipinski definition) is 5. The molecule has 3 heterocycles. The summed E-state index contributed by atoms with van der Waals surface area (Å²) in [5, 5.41) is 3.29. The zero-order valence-corrected chi connectivity index (χ0v) is 15.7. The van der Waals surface area contributed by atoms with Gasteiger partial charge in [0.1, 0.15) is 0 Å². The lowest BCUT2D eigenvalue weighted by molar-refractivity contribution is -0.125. The molecule has 0 unspecified atom stereocenters. The zero-order chi connectivity index (χ0) is 17.8. The fraction of sp³-hybridized carbons (Fsp3) is 0.750. The summed E-state index contributed by atoms with van der Waals surface area (Å²) >= 11 is 0. The molecule has 1 aromatic heterocycles. The summed E-state index contributed by atoms with van der Waals surface area (Å²) in [5.74, 6) is 1.46. The van der Waals surface area contributed by atoms with Crippen LogP contribution in [0.25, 0.3) is 0 Å². The molecule has 1 aliphatic carbocycles. The van der Waals surface area contributed by atoms with E-state index in [0.717, 1.165) is 70.0 Å². The highest BCUT2D eigenvalue weighted by Gasteiger charge is 2.27. The highest BCUT2D eigenvalue weighted by atomic mass is 16.1. The predicted octanol–water partition coefficient (Wildman–Crippen LogP) is 2.35. The number of carbonyl (C=O) groups excluding carboxylic acids is 1. The Hall–Kier alpha value is -1.69. The molecule has 6 heteroatoms. The summed E-state index contributed by atoms with van der Waals surface area (Å²) in [6.07, 6.45) is 11.1. The minimum Gasteiger partial charge on any atom is -0.353 e. The summed E-state index contributed by atoms with van der Waals surface area (Å²) in [7, 11) is 0. The predicted molar refractivity (Wildman–Crippen MR) is 102 cm³/mol. The van der Waals surface area contributed by atoms with Crippen molar-refractivity contribution in [1.29, 1.82) is 0 Å². The Balaban J connectivity index is 1.24. The van der Waals surface area contributed by atoms with E-state index in [-0.39, 0.29) is 5.92 Å². The smallest absolute Gasteiger partial charge is 0.225 e. The first kappa shape index (κ1) is 17.7. The molecule has 2 aliphatic heterocycles. The Morgan fingerprint density at radius 3 is 2.50 bits per heavy atom. The molecule has 4 rings (SSSR count). The molecule has 0 aromatic carbocycles. The number of rotatable bonds is 5. The van der Waals surface area contributed by atoms with Gasteiger partial charge >= 0.3 is 0 Å². The van der Waals surface area contributed by atoms with Crippen molar-refractivity contribution in [2.24, 2.45) is 5.92 Å². The van der Waals surface area contributed by atoms with Gasteiger partial charge in [-0.1, -0.05) is 12.8 Å². The molecule has 0 bridgehead atoms. The van der Waals surface area contributed by atoms with Crippen LogP contribution >= 0.6 is 0 Å². The van der Waals surface area contributed by atoms with E-state index < -0.39 is 0 Å². The van der Waals surface area contributed by atoms with Gasteiger partial charge in [0.05, 0.1) is 5.69 Å². The van der Waals surface area contributed by atoms with Crippen LogP contribution in [0.15, 0.2) is 12.3 Å². The van der Waals surface area contributed by atoms with Crippen molar-refractivity contribution in [1.82, 2.24) is 20.2 Å². The molecule has 26 heavy (non-hydrogen) atoms. The summed E-state index contributed by atoms with van der Waals surface area (Å²) in [4.78, 5) is 26.3. The molecule has 1 aromatic rings. The number of hydrogen-bond donors (Lipinski definition) is 1. The van der Waals surface area contributed by atoms with Crippen LogP contribution in [0.3, 0.4) is 0 Å². The lowest BCUT2D eigenvalue weighted by Gasteiger charge is -2.32. The first-order chi connectivity index (χ1) is 12.8. The van der Waals surface area contributed by atoms with Crippen molar-refractivity contribution >= 4 is 11.9 Å². The van der Waals surface area contributed by atoms with Crippen molar-refractivity contribution in [3.8, 4) is 0 Å². The Bertz CT molecular complexity index is 602. The van der Waals surface area contributed by atoms with Gasteiger partial charge in [-0.2, -0.15) is 0 Å². The lowest BCUT2D eigenvalue weighted by atomic mass is 10.0. The number of nitrogens with zero attached hydrogens (tertiary/aromatic N) is 4. The first-order valence-corrected chi connectivity index (χ1v) is 10.4. The van der Waals surface area contributed by atoms with Gasteiger partial charge < -0.3 is 10.2 Å². The van der Waals surface area contributed by atoms with E-state index in [0.29, 0.717) is 11.9 Å². The van der Waals surface area contributed by atoms with Crippen molar-refractivity contribution in [2.75, 3.05) is 31.1 Å². The highest BCUT2D eigenvalue weighted by molar-refractivity contribution is 5.79. The molecule has 1 saturated carbocycles. The van der Waals surface area contributed by atoms with Crippen LogP contribution in [0, 0.1) is 5.92 Å². The van der Waals surface area contributed by atoms with E-state index in [1.165, 1.54) is 25.7 Å². The molecule has 1 N–H and O–H groups in total. The van der Waals surface area contributed by atoms with Gasteiger partial charge in [-0.3, -0.25) is 9.69 Å². The molecule has 3 fully saturated rings. The van der Waals surface area contributed by atoms with Crippen LogP contribution in [-0.2, 0) is 11.3 Å². The van der Waals surface area contributed by atoms with Crippen LogP contribution < -0.4 is 10.2 Å². The van der Waals surface area contributed by atoms with E-state index in [9.17, 15) is 4.79 Å². The summed E-state index contributed by atoms with van der Waals surface area (Å²) in [5.41, 5.74) is 1.11. The summed E-state index contributed by atoms with van der Waals surface area (Å²) < 4.78 is 0. The van der Waals surface area contributed by atoms with E-state index >= 15 is 0 Å². The number of nitrogens with one attached hydrogen (secondary N) is 1. The van der Waals surface area contributed by atoms with E-state index in [1.807, 2.05) is 12.3 Å². The number of amides is 1. The fourth-order valence-electron chi connectivity index (χ4n) is 4.51. The Labute approximate surface area is 156 Å². The highest BCUT2D eigenvalue weighted by Crippen LogP contribution is 2.25. The third-order valence-corrected chi connectivity index (χ3v) is 6.13. The van der Waals surface area contributed by atoms with Gasteiger partial charge in [0, 0.05) is 50.9 Å². The summed E-state index contributed by atoms with van der Waals surface area (Å²) in [6, 6.07) is 2.39. The Morgan fingerprint density at radius 2 is 1.77 bits per heavy atom. The monoisotopic (exact) mass is 357 g/mol. The van der Waals surface area contributed by atoms with Crippen molar-refractivity contribution in [3.05, 3.63) is 18.0 Å². The number of piperidine rings is 1. The Morgan fingerprint density at radius 1 is 1.04 bits per heavy atom. The van der Waals surface area contributed by atoms with Crippen LogP contribution in [-0.4, -0.2) is 53.0 Å². The van der Waals surface area contributed by atoms with Crippen LogP contribution in [0.4, 0.5) is 5.95 Å². The molecule has 0 radical (unpaired) electrons. The van der Waals surface area contributed by atoms with Crippen molar-refractivity contribution in [2.45, 2.75) is 64.0 Å². The number of carbonyl (C=O) groups is 1. The molecular weight excluding hydrogens is 326 g/mol. The van der Waals surface area contributed by atoms with Crippen LogP contribution in [0.5, 0.6) is 0 Å². The maximum absolute atomic E-state index is 12.3. The standard InChI is InChI=1S/C20H31N5O/c26-19(16-5-1-2-6-16)22-17-8-13-24(14-9-17)15-18-7-10-21-20(23-18)25-11-3-4-12-25/h7,10,16-17H,1-6,8-9,11-15H2,(H,22,26). The second-order valence-corrected chi connectivity index (χ2v) is 8.08. The van der Waals surface area contributed by atoms with E-state index in [4.69, 9.17) is 4.98 Å². The maximum atomic E-state index is 12.3. The van der Waals surface area contributed by atoms with E-state index in [2.05, 4.69) is 20.1 Å². The fourth-order valence-corrected chi connectivity index (χ4v) is 4.51. The van der Waals surface area contributed by atoms with Crippen LogP contribution in [0.1, 0.15) is 57.1 Å². The molecule has 0 spiro atoms. The quantitative estimate of drug-likeness (QED) is 0.876. The minimum absolute atomic E-state index is 0.276. The number of anilines is 1. The minimum atomic E-state index is 0.276. The van der Waals surface area contributed by atoms with Crippen molar-refractivity contribution in [3.63, 3.8) is 0 Å². The van der Waals surface area contributed by atoms with Gasteiger partial charge in [-0.05, 0) is 44.6 Å². The van der Waals surface area contributed by atoms with Gasteiger partial charge in [0.15, 0.2) is 0 Å². The largest absolute Gasteiger partial charge is 0.353 e. The second kappa shape index (κ2) is 8.33. The van der Waals surface area contributed by atoms with Gasteiger partial charge in [-0.25, -0.2) is 9.97 Å². The molecule has 2 saturated heterocycles. The average Bonchev–Trinajstić information content (AvgIpc) is 3.38. The zero-order valence-electron chi connectivity index (χ0n) is 15.7. The Kier molecular flexibility index (Phi) is 5.68. The SMILES string of the molecule is O=C(NC1CCN(Cc2ccnc(N3CCCC3)n2)CC1)C1CCCC1. The van der Waals surface area contributed by atoms with Gasteiger partial charge in [-0.15, -0.1) is 0 Å². The van der Waals surface area contributed by atoms with Gasteiger partial charge in [0.25, 0.3) is 0 Å². The normalized spacial score (nSPS) is 22.8. The first-order valence-electron chi connectivity index (χ1n) is 10.4. The third kappa shape index (κ3) is 4.34. The molecule has 6 nitrogen and oxygen atoms in total. The van der Waals surface area contributed by atoms with E-state index in [1.54, 1.807) is 0 Å². The molecule has 0 atom stereocenters. The molecular formula is C20H31N5O. The average molecular weight is 358 g/mol. The molecule has 3 aliphatic rings.